The summed E-state index contributed by atoms with van der Waals surface area (Å²) in [7, 11) is 0. The number of hydrogen-bond acceptors (Lipinski definition) is 4. The van der Waals surface area contributed by atoms with Crippen molar-refractivity contribution in [2.75, 3.05) is 11.9 Å². The van der Waals surface area contributed by atoms with Gasteiger partial charge < -0.3 is 15.5 Å². The second-order valence-electron chi connectivity index (χ2n) is 5.25. The summed E-state index contributed by atoms with van der Waals surface area (Å²) in [6.45, 7) is 1.02. The van der Waals surface area contributed by atoms with Crippen molar-refractivity contribution in [1.82, 2.24) is 9.78 Å². The van der Waals surface area contributed by atoms with Gasteiger partial charge in [0, 0.05) is 18.2 Å². The van der Waals surface area contributed by atoms with Crippen LogP contribution < -0.4 is 5.32 Å². The predicted octanol–water partition coefficient (Wildman–Crippen LogP) is 2.86. The Labute approximate surface area is 134 Å². The van der Waals surface area contributed by atoms with E-state index in [9.17, 15) is 10.2 Å². The number of benzene rings is 2. The molecule has 0 spiro atoms. The number of phenolic OH excluding ortho intramolecular Hbond substituents is 1. The van der Waals surface area contributed by atoms with Gasteiger partial charge in [0.25, 0.3) is 0 Å². The average molecular weight is 309 g/mol. The molecule has 0 radical (unpaired) electrons. The van der Waals surface area contributed by atoms with Crippen molar-refractivity contribution in [3.63, 3.8) is 0 Å². The summed E-state index contributed by atoms with van der Waals surface area (Å²) in [4.78, 5) is 0. The Kier molecular flexibility index (Phi) is 4.59. The number of nitrogens with zero attached hydrogens (tertiary/aromatic N) is 2. The highest BCUT2D eigenvalue weighted by molar-refractivity contribution is 5.63. The molecule has 23 heavy (non-hydrogen) atoms. The van der Waals surface area contributed by atoms with Crippen LogP contribution in [0.2, 0.25) is 0 Å². The van der Waals surface area contributed by atoms with Crippen molar-refractivity contribution in [3.8, 4) is 17.0 Å². The van der Waals surface area contributed by atoms with Crippen molar-refractivity contribution in [1.29, 1.82) is 0 Å². The molecule has 0 aliphatic heterocycles. The van der Waals surface area contributed by atoms with Crippen molar-refractivity contribution in [2.45, 2.75) is 13.1 Å². The van der Waals surface area contributed by atoms with Gasteiger partial charge in [-0.3, -0.25) is 0 Å². The van der Waals surface area contributed by atoms with Crippen molar-refractivity contribution < 1.29 is 10.2 Å². The summed E-state index contributed by atoms with van der Waals surface area (Å²) >= 11 is 0. The molecule has 0 aliphatic carbocycles. The van der Waals surface area contributed by atoms with Crippen molar-refractivity contribution in [3.05, 3.63) is 66.2 Å². The van der Waals surface area contributed by atoms with E-state index in [1.165, 1.54) is 0 Å². The number of aliphatic hydroxyl groups excluding tert-OH is 1. The Morgan fingerprint density at radius 3 is 2.57 bits per heavy atom. The van der Waals surface area contributed by atoms with Crippen LogP contribution in [-0.2, 0) is 13.1 Å². The fourth-order valence-electron chi connectivity index (χ4n) is 2.43. The van der Waals surface area contributed by atoms with Gasteiger partial charge in [-0.25, -0.2) is 4.68 Å². The molecule has 1 heterocycles. The van der Waals surface area contributed by atoms with Gasteiger partial charge in [-0.15, -0.1) is 0 Å². The van der Waals surface area contributed by atoms with E-state index in [0.717, 1.165) is 22.6 Å². The molecule has 2 aromatic carbocycles. The maximum Gasteiger partial charge on any atom is 0.125 e. The zero-order valence-corrected chi connectivity index (χ0v) is 12.7. The van der Waals surface area contributed by atoms with Crippen molar-refractivity contribution >= 4 is 5.82 Å². The molecule has 0 aliphatic rings. The third kappa shape index (κ3) is 3.70. The molecule has 3 N–H and O–H groups in total. The summed E-state index contributed by atoms with van der Waals surface area (Å²) in [5, 5.41) is 26.6. The monoisotopic (exact) mass is 309 g/mol. The van der Waals surface area contributed by atoms with E-state index in [1.807, 2.05) is 48.5 Å². The number of rotatable bonds is 6. The summed E-state index contributed by atoms with van der Waals surface area (Å²) in [5.74, 6) is 1.08. The molecule has 3 aromatic rings. The van der Waals surface area contributed by atoms with Crippen LogP contribution in [0.25, 0.3) is 11.3 Å². The zero-order chi connectivity index (χ0) is 16.1. The highest BCUT2D eigenvalue weighted by Gasteiger charge is 2.09. The van der Waals surface area contributed by atoms with Crippen LogP contribution >= 0.6 is 0 Å². The molecular formula is C18H19N3O2. The maximum absolute atomic E-state index is 9.52. The molecule has 5 nitrogen and oxygen atoms in total. The lowest BCUT2D eigenvalue weighted by molar-refractivity contribution is 0.270. The Morgan fingerprint density at radius 2 is 1.83 bits per heavy atom. The maximum atomic E-state index is 9.52. The summed E-state index contributed by atoms with van der Waals surface area (Å²) in [6.07, 6.45) is 0. The molecule has 0 atom stereocenters. The van der Waals surface area contributed by atoms with Gasteiger partial charge in [0.05, 0.1) is 18.8 Å². The molecule has 1 aromatic heterocycles. The van der Waals surface area contributed by atoms with Gasteiger partial charge in [0.1, 0.15) is 11.6 Å². The molecule has 0 saturated heterocycles. The number of aliphatic hydroxyl groups is 1. The van der Waals surface area contributed by atoms with Crippen molar-refractivity contribution in [2.24, 2.45) is 0 Å². The largest absolute Gasteiger partial charge is 0.508 e. The highest BCUT2D eigenvalue weighted by Crippen LogP contribution is 2.22. The molecule has 5 heteroatoms. The first-order chi connectivity index (χ1) is 11.3. The van der Waals surface area contributed by atoms with Crippen LogP contribution in [0.1, 0.15) is 5.56 Å². The van der Waals surface area contributed by atoms with Crippen LogP contribution in [-0.4, -0.2) is 26.6 Å². The lowest BCUT2D eigenvalue weighted by atomic mass is 10.1. The molecular weight excluding hydrogens is 290 g/mol. The SMILES string of the molecule is OCCn1nc(-c2ccccc2)cc1NCc1cccc(O)c1. The van der Waals surface area contributed by atoms with Gasteiger partial charge in [-0.2, -0.15) is 5.10 Å². The topological polar surface area (TPSA) is 70.3 Å². The van der Waals surface area contributed by atoms with Crippen LogP contribution in [0.5, 0.6) is 5.75 Å². The summed E-state index contributed by atoms with van der Waals surface area (Å²) in [5.41, 5.74) is 2.87. The van der Waals surface area contributed by atoms with E-state index in [2.05, 4.69) is 10.4 Å². The lowest BCUT2D eigenvalue weighted by Gasteiger charge is -2.08. The predicted molar refractivity (Wildman–Crippen MR) is 90.2 cm³/mol. The normalized spacial score (nSPS) is 10.7. The second kappa shape index (κ2) is 6.98. The van der Waals surface area contributed by atoms with Crippen LogP contribution in [0.3, 0.4) is 0 Å². The van der Waals surface area contributed by atoms with Crippen LogP contribution in [0, 0.1) is 0 Å². The first-order valence-electron chi connectivity index (χ1n) is 7.52. The van der Waals surface area contributed by atoms with Crippen LogP contribution in [0.4, 0.5) is 5.82 Å². The molecule has 0 amide bonds. The van der Waals surface area contributed by atoms with Gasteiger partial charge in [0.15, 0.2) is 0 Å². The molecule has 3 rings (SSSR count). The standard InChI is InChI=1S/C18H19N3O2/c22-10-9-21-18(19-13-14-5-4-8-16(23)11-14)12-17(20-21)15-6-2-1-3-7-15/h1-8,11-12,19,22-23H,9-10,13H2. The Hall–Kier alpha value is -2.79. The quantitative estimate of drug-likeness (QED) is 0.655. The van der Waals surface area contributed by atoms with Gasteiger partial charge in [-0.05, 0) is 17.7 Å². The first kappa shape index (κ1) is 15.1. The molecule has 0 fully saturated rings. The smallest absolute Gasteiger partial charge is 0.125 e. The zero-order valence-electron chi connectivity index (χ0n) is 12.7. The minimum atomic E-state index is 0.0245. The fourth-order valence-corrected chi connectivity index (χ4v) is 2.43. The fraction of sp³-hybridized carbons (Fsp3) is 0.167. The second-order valence-corrected chi connectivity index (χ2v) is 5.25. The third-order valence-electron chi connectivity index (χ3n) is 3.55. The third-order valence-corrected chi connectivity index (χ3v) is 3.55. The lowest BCUT2D eigenvalue weighted by Crippen LogP contribution is -2.10. The minimum absolute atomic E-state index is 0.0245. The van der Waals surface area contributed by atoms with E-state index in [1.54, 1.807) is 16.8 Å². The van der Waals surface area contributed by atoms with Gasteiger partial charge in [0.2, 0.25) is 0 Å². The summed E-state index contributed by atoms with van der Waals surface area (Å²) < 4.78 is 1.76. The Bertz CT molecular complexity index is 769. The Morgan fingerprint density at radius 1 is 1.00 bits per heavy atom. The number of nitrogens with one attached hydrogen (secondary N) is 1. The molecule has 118 valence electrons. The van der Waals surface area contributed by atoms with Gasteiger partial charge >= 0.3 is 0 Å². The van der Waals surface area contributed by atoms with E-state index >= 15 is 0 Å². The number of phenols is 1. The number of anilines is 1. The summed E-state index contributed by atoms with van der Waals surface area (Å²) in [6, 6.07) is 19.0. The number of aromatic hydroxyl groups is 1. The number of hydrogen-bond donors (Lipinski definition) is 3. The molecule has 0 unspecified atom stereocenters. The van der Waals surface area contributed by atoms with E-state index in [-0.39, 0.29) is 12.4 Å². The van der Waals surface area contributed by atoms with E-state index in [0.29, 0.717) is 13.1 Å². The van der Waals surface area contributed by atoms with Crippen LogP contribution in [0.15, 0.2) is 60.7 Å². The van der Waals surface area contributed by atoms with E-state index < -0.39 is 0 Å². The minimum Gasteiger partial charge on any atom is -0.508 e. The first-order valence-corrected chi connectivity index (χ1v) is 7.52. The average Bonchev–Trinajstić information content (AvgIpc) is 2.97. The molecule has 0 bridgehead atoms. The molecule has 0 saturated carbocycles. The highest BCUT2D eigenvalue weighted by atomic mass is 16.3. The van der Waals surface area contributed by atoms with Gasteiger partial charge in [-0.1, -0.05) is 42.5 Å². The van der Waals surface area contributed by atoms with E-state index in [4.69, 9.17) is 0 Å². The Balaban J connectivity index is 1.81. The number of aromatic nitrogens is 2.